The molecule has 0 radical (unpaired) electrons. The van der Waals surface area contributed by atoms with Crippen LogP contribution in [0.2, 0.25) is 0 Å². The average Bonchev–Trinajstić information content (AvgIpc) is 2.48. The third-order valence-corrected chi connectivity index (χ3v) is 18.8. The highest BCUT2D eigenvalue weighted by Gasteiger charge is 2.41. The fourth-order valence-electron chi connectivity index (χ4n) is 2.58. The minimum atomic E-state index is -2.66. The zero-order chi connectivity index (χ0) is 18.6. The number of nitrogens with zero attached hydrogens (tertiary/aromatic N) is 6. The smallest absolute Gasteiger partial charge is 0.239 e. The van der Waals surface area contributed by atoms with Crippen molar-refractivity contribution in [3.63, 3.8) is 0 Å². The van der Waals surface area contributed by atoms with E-state index in [-0.39, 0.29) is 0 Å². The van der Waals surface area contributed by atoms with E-state index < -0.39 is 20.1 Å². The summed E-state index contributed by atoms with van der Waals surface area (Å²) in [6.45, 7) is 8.88. The summed E-state index contributed by atoms with van der Waals surface area (Å²) >= 11 is 21.0. The second kappa shape index (κ2) is 9.58. The Labute approximate surface area is 162 Å². The van der Waals surface area contributed by atoms with E-state index in [0.29, 0.717) is 0 Å². The Kier molecular flexibility index (Phi) is 9.37. The number of halogens is 3. The maximum atomic E-state index is 7.00. The van der Waals surface area contributed by atoms with Crippen molar-refractivity contribution >= 4 is 53.8 Å². The van der Waals surface area contributed by atoms with Crippen molar-refractivity contribution in [3.05, 3.63) is 0 Å². The molecule has 1 aliphatic rings. The molecule has 0 N–H and O–H groups in total. The van der Waals surface area contributed by atoms with Crippen LogP contribution in [0.15, 0.2) is 13.5 Å². The van der Waals surface area contributed by atoms with E-state index in [4.69, 9.17) is 47.3 Å². The predicted molar refractivity (Wildman–Crippen MR) is 114 cm³/mol. The van der Waals surface area contributed by atoms with Crippen LogP contribution in [0.4, 0.5) is 0 Å². The maximum absolute atomic E-state index is 7.00. The van der Waals surface area contributed by atoms with Gasteiger partial charge in [0.05, 0.1) is 0 Å². The van der Waals surface area contributed by atoms with Crippen LogP contribution in [0.3, 0.4) is 0 Å². The van der Waals surface area contributed by atoms with Crippen molar-refractivity contribution in [1.29, 1.82) is 0 Å². The van der Waals surface area contributed by atoms with E-state index in [0.717, 1.165) is 39.3 Å². The number of rotatable bonds is 9. The Morgan fingerprint density at radius 1 is 0.500 bits per heavy atom. The van der Waals surface area contributed by atoms with E-state index in [9.17, 15) is 0 Å². The first-order chi connectivity index (χ1) is 11.2. The van der Waals surface area contributed by atoms with Crippen molar-refractivity contribution in [1.82, 2.24) is 14.0 Å². The van der Waals surface area contributed by atoms with Gasteiger partial charge in [-0.1, -0.05) is 41.5 Å². The molecule has 0 atom stereocenters. The molecule has 0 saturated heterocycles. The van der Waals surface area contributed by atoms with Gasteiger partial charge in [-0.15, -0.1) is 0 Å². The lowest BCUT2D eigenvalue weighted by Crippen LogP contribution is -2.22. The van der Waals surface area contributed by atoms with Crippen molar-refractivity contribution in [2.24, 2.45) is 13.5 Å². The highest BCUT2D eigenvalue weighted by molar-refractivity contribution is 8.07. The van der Waals surface area contributed by atoms with Gasteiger partial charge in [0.2, 0.25) is 20.1 Å². The van der Waals surface area contributed by atoms with Gasteiger partial charge in [0.15, 0.2) is 0 Å². The van der Waals surface area contributed by atoms with Gasteiger partial charge >= 0.3 is 0 Å². The van der Waals surface area contributed by atoms with Crippen LogP contribution in [0.25, 0.3) is 0 Å². The summed E-state index contributed by atoms with van der Waals surface area (Å²) in [5, 5.41) is 0. The molecule has 0 aliphatic carbocycles. The monoisotopic (exact) mass is 456 g/mol. The lowest BCUT2D eigenvalue weighted by Gasteiger charge is -2.39. The van der Waals surface area contributed by atoms with Crippen LogP contribution in [0.1, 0.15) is 41.5 Å². The van der Waals surface area contributed by atoms with Crippen LogP contribution < -0.4 is 0 Å². The lowest BCUT2D eigenvalue weighted by molar-refractivity contribution is 0.494. The third-order valence-electron chi connectivity index (χ3n) is 3.95. The van der Waals surface area contributed by atoms with Crippen molar-refractivity contribution in [2.45, 2.75) is 41.5 Å². The van der Waals surface area contributed by atoms with Crippen LogP contribution in [0.5, 0.6) is 0 Å². The molecule has 144 valence electrons. The zero-order valence-corrected chi connectivity index (χ0v) is 20.4. The molecular weight excluding hydrogens is 427 g/mol. The van der Waals surface area contributed by atoms with E-state index in [2.05, 4.69) is 55.6 Å². The highest BCUT2D eigenvalue weighted by atomic mass is 35.7. The Hall–Kier alpha value is 1.44. The molecule has 0 fully saturated rings. The molecule has 0 spiro atoms. The van der Waals surface area contributed by atoms with Crippen molar-refractivity contribution in [2.75, 3.05) is 39.3 Å². The van der Waals surface area contributed by atoms with E-state index in [1.165, 1.54) is 0 Å². The molecular formula is C12H30Cl3N6P3. The summed E-state index contributed by atoms with van der Waals surface area (Å²) in [4.78, 5) is 0. The fraction of sp³-hybridized carbons (Fsp3) is 1.00. The molecule has 0 aromatic rings. The van der Waals surface area contributed by atoms with Gasteiger partial charge in [0.25, 0.3) is 0 Å². The Morgan fingerprint density at radius 3 is 0.792 bits per heavy atom. The lowest BCUT2D eigenvalue weighted by atomic mass is 10.7. The third kappa shape index (κ3) is 4.83. The fourth-order valence-corrected chi connectivity index (χ4v) is 20.3. The summed E-state index contributed by atoms with van der Waals surface area (Å²) < 4.78 is 20.9. The topological polar surface area (TPSA) is 46.8 Å². The van der Waals surface area contributed by atoms with Gasteiger partial charge in [-0.3, -0.25) is 0 Å². The predicted octanol–water partition coefficient (Wildman–Crippen LogP) is 7.58. The molecule has 0 amide bonds. The van der Waals surface area contributed by atoms with E-state index in [1.54, 1.807) is 0 Å². The van der Waals surface area contributed by atoms with Gasteiger partial charge in [-0.2, -0.15) is 13.5 Å². The minimum absolute atomic E-state index is 0.755. The quantitative estimate of drug-likeness (QED) is 0.335. The molecule has 24 heavy (non-hydrogen) atoms. The summed E-state index contributed by atoms with van der Waals surface area (Å²) in [5.74, 6) is 0. The Balaban J connectivity index is 3.75. The van der Waals surface area contributed by atoms with Crippen LogP contribution in [-0.4, -0.2) is 53.3 Å². The van der Waals surface area contributed by atoms with Crippen molar-refractivity contribution < 1.29 is 0 Å². The second-order valence-corrected chi connectivity index (χ2v) is 16.1. The molecule has 0 aromatic carbocycles. The molecule has 6 nitrogen and oxygen atoms in total. The number of hydrogen-bond donors (Lipinski definition) is 0. The first-order valence-corrected chi connectivity index (χ1v) is 16.1. The van der Waals surface area contributed by atoms with Gasteiger partial charge in [-0.25, -0.2) is 14.0 Å². The van der Waals surface area contributed by atoms with Gasteiger partial charge < -0.3 is 0 Å². The van der Waals surface area contributed by atoms with Gasteiger partial charge in [0.1, 0.15) is 0 Å². The molecule has 1 aliphatic heterocycles. The van der Waals surface area contributed by atoms with E-state index >= 15 is 0 Å². The Bertz CT molecular complexity index is 487. The molecule has 0 saturated carbocycles. The standard InChI is InChI=1S/C12H30Cl3N6P3/c1-7-19(8-2)22(13)16-23(14,20(9-3)10-4)18-24(15,17-22)21(11-5)12-6/h7-12H2,1-6H3. The van der Waals surface area contributed by atoms with Gasteiger partial charge in [-0.05, 0) is 33.7 Å². The zero-order valence-electron chi connectivity index (χ0n) is 15.4. The first kappa shape index (κ1) is 23.5. The van der Waals surface area contributed by atoms with Gasteiger partial charge in [0, 0.05) is 39.3 Å². The molecule has 0 bridgehead atoms. The molecule has 0 unspecified atom stereocenters. The summed E-state index contributed by atoms with van der Waals surface area (Å²) in [7, 11) is 0. The number of hydrogen-bond acceptors (Lipinski definition) is 6. The van der Waals surface area contributed by atoms with Crippen molar-refractivity contribution in [3.8, 4) is 0 Å². The Morgan fingerprint density at radius 2 is 0.667 bits per heavy atom. The van der Waals surface area contributed by atoms with Crippen LogP contribution >= 0.6 is 53.8 Å². The average molecular weight is 458 g/mol. The molecule has 1 rings (SSSR count). The van der Waals surface area contributed by atoms with Crippen LogP contribution in [0, 0.1) is 0 Å². The maximum Gasteiger partial charge on any atom is 0.239 e. The summed E-state index contributed by atoms with van der Waals surface area (Å²) in [5.41, 5.74) is 0. The molecule has 12 heteroatoms. The second-order valence-electron chi connectivity index (χ2n) is 5.17. The highest BCUT2D eigenvalue weighted by Crippen LogP contribution is 2.85. The normalized spacial score (nSPS) is 33.5. The van der Waals surface area contributed by atoms with Crippen LogP contribution in [-0.2, 0) is 0 Å². The summed E-state index contributed by atoms with van der Waals surface area (Å²) in [6.07, 6.45) is 0. The SMILES string of the molecule is CCN(CC)P1(Cl)=NP(Cl)(N(CC)CC)=NP(Cl)(N(CC)CC)=N1. The first-order valence-electron chi connectivity index (χ1n) is 8.45. The molecule has 0 aromatic heterocycles. The summed E-state index contributed by atoms with van der Waals surface area (Å²) in [6, 6.07) is 0. The minimum Gasteiger partial charge on any atom is -0.240 e. The largest absolute Gasteiger partial charge is 0.240 e. The molecule has 1 heterocycles. The van der Waals surface area contributed by atoms with E-state index in [1.807, 2.05) is 0 Å².